The Kier molecular flexibility index (Phi) is 6.52. The van der Waals surface area contributed by atoms with Crippen molar-refractivity contribution in [3.05, 3.63) is 85.2 Å². The Hall–Kier alpha value is -3.47. The van der Waals surface area contributed by atoms with E-state index in [1.807, 2.05) is 67.6 Å². The molecule has 1 atom stereocenters. The molecule has 0 radical (unpaired) electrons. The number of hydrogen-bond acceptors (Lipinski definition) is 3. The molecule has 5 heteroatoms. The number of para-hydroxylation sites is 2. The average molecular weight is 373 g/mol. The molecule has 0 spiro atoms. The van der Waals surface area contributed by atoms with Crippen molar-refractivity contribution in [3.8, 4) is 0 Å². The molecule has 3 aromatic rings. The summed E-state index contributed by atoms with van der Waals surface area (Å²) >= 11 is 0. The molecule has 5 nitrogen and oxygen atoms in total. The van der Waals surface area contributed by atoms with Gasteiger partial charge in [0.25, 0.3) is 0 Å². The molecular weight excluding hydrogens is 350 g/mol. The monoisotopic (exact) mass is 373 g/mol. The first kappa shape index (κ1) is 19.3. The van der Waals surface area contributed by atoms with Gasteiger partial charge in [0.05, 0.1) is 11.9 Å². The van der Waals surface area contributed by atoms with Gasteiger partial charge in [0.2, 0.25) is 11.8 Å². The van der Waals surface area contributed by atoms with Crippen molar-refractivity contribution in [2.75, 3.05) is 10.2 Å². The lowest BCUT2D eigenvalue weighted by molar-refractivity contribution is -0.119. The molecule has 0 fully saturated rings. The SMILES string of the molecule is C[C@H](CC(=O)Nc1cccnc1)CC(=O)N(c1ccccc1)c1ccccc1. The Labute approximate surface area is 165 Å². The number of anilines is 3. The van der Waals surface area contributed by atoms with E-state index < -0.39 is 0 Å². The number of benzene rings is 2. The maximum Gasteiger partial charge on any atom is 0.231 e. The fraction of sp³-hybridized carbons (Fsp3) is 0.174. The fourth-order valence-corrected chi connectivity index (χ4v) is 3.02. The normalized spacial score (nSPS) is 11.5. The topological polar surface area (TPSA) is 62.3 Å². The molecule has 3 rings (SSSR count). The van der Waals surface area contributed by atoms with Gasteiger partial charge in [-0.15, -0.1) is 0 Å². The molecular formula is C23H23N3O2. The van der Waals surface area contributed by atoms with Crippen LogP contribution in [0.25, 0.3) is 0 Å². The number of nitrogens with one attached hydrogen (secondary N) is 1. The van der Waals surface area contributed by atoms with Crippen molar-refractivity contribution in [2.45, 2.75) is 19.8 Å². The molecule has 0 saturated carbocycles. The summed E-state index contributed by atoms with van der Waals surface area (Å²) in [5.41, 5.74) is 2.28. The molecule has 0 aliphatic heterocycles. The second-order valence-corrected chi connectivity index (χ2v) is 6.70. The van der Waals surface area contributed by atoms with Crippen LogP contribution in [0.3, 0.4) is 0 Å². The van der Waals surface area contributed by atoms with Crippen molar-refractivity contribution < 1.29 is 9.59 Å². The average Bonchev–Trinajstić information content (AvgIpc) is 2.70. The zero-order valence-corrected chi connectivity index (χ0v) is 15.8. The van der Waals surface area contributed by atoms with Gasteiger partial charge in [0.15, 0.2) is 0 Å². The Morgan fingerprint density at radius 2 is 1.50 bits per heavy atom. The third-order valence-corrected chi connectivity index (χ3v) is 4.28. The van der Waals surface area contributed by atoms with Crippen LogP contribution in [0.1, 0.15) is 19.8 Å². The highest BCUT2D eigenvalue weighted by atomic mass is 16.2. The number of rotatable bonds is 7. The Bertz CT molecular complexity index is 859. The van der Waals surface area contributed by atoms with E-state index in [1.54, 1.807) is 29.4 Å². The van der Waals surface area contributed by atoms with E-state index in [0.29, 0.717) is 5.69 Å². The molecule has 0 aliphatic rings. The summed E-state index contributed by atoms with van der Waals surface area (Å²) < 4.78 is 0. The highest BCUT2D eigenvalue weighted by Crippen LogP contribution is 2.27. The van der Waals surface area contributed by atoms with Gasteiger partial charge < -0.3 is 5.32 Å². The zero-order chi connectivity index (χ0) is 19.8. The zero-order valence-electron chi connectivity index (χ0n) is 15.8. The minimum atomic E-state index is -0.126. The number of pyridine rings is 1. The van der Waals surface area contributed by atoms with E-state index in [4.69, 9.17) is 0 Å². The summed E-state index contributed by atoms with van der Waals surface area (Å²) in [6, 6.07) is 22.6. The van der Waals surface area contributed by atoms with E-state index in [-0.39, 0.29) is 30.6 Å². The van der Waals surface area contributed by atoms with E-state index in [1.165, 1.54) is 0 Å². The van der Waals surface area contributed by atoms with Crippen LogP contribution in [-0.4, -0.2) is 16.8 Å². The highest BCUT2D eigenvalue weighted by molar-refractivity contribution is 6.01. The van der Waals surface area contributed by atoms with Gasteiger partial charge in [0, 0.05) is 30.4 Å². The van der Waals surface area contributed by atoms with Crippen molar-refractivity contribution in [2.24, 2.45) is 5.92 Å². The minimum Gasteiger partial charge on any atom is -0.325 e. The second kappa shape index (κ2) is 9.46. The van der Waals surface area contributed by atoms with Gasteiger partial charge in [-0.1, -0.05) is 43.3 Å². The first-order valence-electron chi connectivity index (χ1n) is 9.26. The third-order valence-electron chi connectivity index (χ3n) is 4.28. The van der Waals surface area contributed by atoms with Crippen LogP contribution in [0.5, 0.6) is 0 Å². The molecule has 142 valence electrons. The summed E-state index contributed by atoms with van der Waals surface area (Å²) in [5, 5.41) is 2.81. The van der Waals surface area contributed by atoms with E-state index >= 15 is 0 Å². The Morgan fingerprint density at radius 3 is 2.04 bits per heavy atom. The maximum absolute atomic E-state index is 13.1. The third kappa shape index (κ3) is 5.27. The van der Waals surface area contributed by atoms with Crippen LogP contribution in [0.2, 0.25) is 0 Å². The lowest BCUT2D eigenvalue weighted by Gasteiger charge is -2.24. The number of nitrogens with zero attached hydrogens (tertiary/aromatic N) is 2. The standard InChI is InChI=1S/C23H23N3O2/c1-18(15-22(27)25-19-9-8-14-24-17-19)16-23(28)26(20-10-4-2-5-11-20)21-12-6-3-7-13-21/h2-14,17-18H,15-16H2,1H3,(H,25,27)/t18-/m1/s1. The van der Waals surface area contributed by atoms with Crippen LogP contribution in [0.15, 0.2) is 85.2 Å². The van der Waals surface area contributed by atoms with Crippen molar-refractivity contribution in [1.82, 2.24) is 4.98 Å². The number of hydrogen-bond donors (Lipinski definition) is 1. The van der Waals surface area contributed by atoms with Crippen molar-refractivity contribution in [1.29, 1.82) is 0 Å². The summed E-state index contributed by atoms with van der Waals surface area (Å²) in [5.74, 6) is -0.266. The molecule has 2 amide bonds. The predicted octanol–water partition coefficient (Wildman–Crippen LogP) is 4.80. The van der Waals surface area contributed by atoms with Crippen LogP contribution in [0, 0.1) is 5.92 Å². The molecule has 1 N–H and O–H groups in total. The Balaban J connectivity index is 1.67. The summed E-state index contributed by atoms with van der Waals surface area (Å²) in [6.45, 7) is 1.91. The smallest absolute Gasteiger partial charge is 0.231 e. The number of aromatic nitrogens is 1. The molecule has 0 unspecified atom stereocenters. The maximum atomic E-state index is 13.1. The Morgan fingerprint density at radius 1 is 0.893 bits per heavy atom. The molecule has 28 heavy (non-hydrogen) atoms. The quantitative estimate of drug-likeness (QED) is 0.647. The summed E-state index contributed by atoms with van der Waals surface area (Å²) in [6.07, 6.45) is 3.78. The van der Waals surface area contributed by atoms with Gasteiger partial charge in [-0.3, -0.25) is 19.5 Å². The van der Waals surface area contributed by atoms with Gasteiger partial charge in [-0.2, -0.15) is 0 Å². The van der Waals surface area contributed by atoms with Gasteiger partial charge >= 0.3 is 0 Å². The number of carbonyl (C=O) groups excluding carboxylic acids is 2. The molecule has 0 aliphatic carbocycles. The van der Waals surface area contributed by atoms with E-state index in [9.17, 15) is 9.59 Å². The fourth-order valence-electron chi connectivity index (χ4n) is 3.02. The molecule has 1 aromatic heterocycles. The van der Waals surface area contributed by atoms with Crippen molar-refractivity contribution in [3.63, 3.8) is 0 Å². The van der Waals surface area contributed by atoms with E-state index in [2.05, 4.69) is 10.3 Å². The highest BCUT2D eigenvalue weighted by Gasteiger charge is 2.21. The first-order chi connectivity index (χ1) is 13.6. The van der Waals surface area contributed by atoms with E-state index in [0.717, 1.165) is 11.4 Å². The molecule has 1 heterocycles. The second-order valence-electron chi connectivity index (χ2n) is 6.70. The lowest BCUT2D eigenvalue weighted by atomic mass is 10.0. The van der Waals surface area contributed by atoms with Gasteiger partial charge in [-0.25, -0.2) is 0 Å². The molecule has 0 bridgehead atoms. The lowest BCUT2D eigenvalue weighted by Crippen LogP contribution is -2.28. The molecule has 2 aromatic carbocycles. The van der Waals surface area contributed by atoms with Crippen LogP contribution >= 0.6 is 0 Å². The largest absolute Gasteiger partial charge is 0.325 e. The molecule has 0 saturated heterocycles. The van der Waals surface area contributed by atoms with Gasteiger partial charge in [-0.05, 0) is 42.3 Å². The summed E-state index contributed by atoms with van der Waals surface area (Å²) in [4.78, 5) is 31.0. The van der Waals surface area contributed by atoms with Crippen molar-refractivity contribution >= 4 is 28.9 Å². The summed E-state index contributed by atoms with van der Waals surface area (Å²) in [7, 11) is 0. The first-order valence-corrected chi connectivity index (χ1v) is 9.26. The van der Waals surface area contributed by atoms with Crippen LogP contribution in [0.4, 0.5) is 17.1 Å². The number of amides is 2. The minimum absolute atomic E-state index is 0.0425. The number of carbonyl (C=O) groups is 2. The van der Waals surface area contributed by atoms with Crippen LogP contribution in [-0.2, 0) is 9.59 Å². The van der Waals surface area contributed by atoms with Crippen LogP contribution < -0.4 is 10.2 Å². The van der Waals surface area contributed by atoms with Gasteiger partial charge in [0.1, 0.15) is 0 Å². The predicted molar refractivity (Wildman–Crippen MR) is 111 cm³/mol.